The summed E-state index contributed by atoms with van der Waals surface area (Å²) in [5, 5.41) is 0. The molecule has 3 heteroatoms. The lowest BCUT2D eigenvalue weighted by Gasteiger charge is -1.89. The first-order valence-corrected chi connectivity index (χ1v) is 3.02. The molecule has 3 nitrogen and oxygen atoms in total. The molecule has 2 heterocycles. The van der Waals surface area contributed by atoms with Gasteiger partial charge in [0, 0.05) is 13.2 Å². The highest BCUT2D eigenvalue weighted by atomic mass is 15.0. The van der Waals surface area contributed by atoms with E-state index in [9.17, 15) is 0 Å². The molecule has 0 spiro atoms. The first kappa shape index (κ1) is 5.41. The van der Waals surface area contributed by atoms with Crippen LogP contribution >= 0.6 is 0 Å². The van der Waals surface area contributed by atoms with E-state index >= 15 is 0 Å². The van der Waals surface area contributed by atoms with Crippen LogP contribution in [0.25, 0.3) is 11.0 Å². The summed E-state index contributed by atoms with van der Waals surface area (Å²) in [5.41, 5.74) is 1.96. The van der Waals surface area contributed by atoms with Gasteiger partial charge in [0.1, 0.15) is 5.52 Å². The van der Waals surface area contributed by atoms with Crippen LogP contribution in [0.1, 0.15) is 0 Å². The fourth-order valence-electron chi connectivity index (χ4n) is 0.931. The number of rotatable bonds is 0. The Balaban J connectivity index is 2.93. The Bertz CT molecular complexity index is 350. The summed E-state index contributed by atoms with van der Waals surface area (Å²) >= 11 is 0. The number of imidazole rings is 1. The molecular formula is C7H6N3. The zero-order valence-electron chi connectivity index (χ0n) is 5.57. The number of aromatic nitrogens is 3. The second-order valence-electron chi connectivity index (χ2n) is 2.14. The van der Waals surface area contributed by atoms with Crippen LogP contribution in [-0.4, -0.2) is 14.5 Å². The van der Waals surface area contributed by atoms with Crippen molar-refractivity contribution < 1.29 is 0 Å². The largest absolute Gasteiger partial charge is 0.324 e. The highest BCUT2D eigenvalue weighted by molar-refractivity contribution is 5.73. The van der Waals surface area contributed by atoms with Crippen molar-refractivity contribution in [2.45, 2.75) is 0 Å². The van der Waals surface area contributed by atoms with Gasteiger partial charge in [-0.15, -0.1) is 0 Å². The molecule has 0 bridgehead atoms. The second kappa shape index (κ2) is 1.80. The number of nitrogens with zero attached hydrogens (tertiary/aromatic N) is 3. The molecule has 0 aromatic carbocycles. The zero-order valence-corrected chi connectivity index (χ0v) is 5.57. The van der Waals surface area contributed by atoms with E-state index in [4.69, 9.17) is 0 Å². The molecule has 2 aromatic rings. The van der Waals surface area contributed by atoms with Crippen LogP contribution in [0.5, 0.6) is 0 Å². The van der Waals surface area contributed by atoms with Crippen LogP contribution in [0.3, 0.4) is 0 Å². The number of pyridine rings is 1. The Morgan fingerprint density at radius 3 is 3.30 bits per heavy atom. The van der Waals surface area contributed by atoms with E-state index in [1.165, 1.54) is 0 Å². The molecule has 0 aliphatic carbocycles. The van der Waals surface area contributed by atoms with E-state index in [1.54, 1.807) is 12.4 Å². The minimum Gasteiger partial charge on any atom is -0.324 e. The van der Waals surface area contributed by atoms with Gasteiger partial charge in [0.05, 0.1) is 11.7 Å². The van der Waals surface area contributed by atoms with Gasteiger partial charge >= 0.3 is 0 Å². The topological polar surface area (TPSA) is 30.7 Å². The molecule has 0 saturated heterocycles. The first-order valence-electron chi connectivity index (χ1n) is 3.02. The van der Waals surface area contributed by atoms with E-state index in [0.717, 1.165) is 11.0 Å². The van der Waals surface area contributed by atoms with Gasteiger partial charge in [0.15, 0.2) is 6.33 Å². The van der Waals surface area contributed by atoms with Crippen molar-refractivity contribution >= 4 is 11.0 Å². The van der Waals surface area contributed by atoms with Crippen molar-refractivity contribution in [3.63, 3.8) is 0 Å². The monoisotopic (exact) mass is 132 g/mol. The molecule has 0 atom stereocenters. The molecule has 0 fully saturated rings. The van der Waals surface area contributed by atoms with Gasteiger partial charge < -0.3 is 4.57 Å². The van der Waals surface area contributed by atoms with Crippen molar-refractivity contribution in [2.24, 2.45) is 7.05 Å². The average Bonchev–Trinajstić information content (AvgIpc) is 2.34. The molecule has 0 N–H and O–H groups in total. The highest BCUT2D eigenvalue weighted by Crippen LogP contribution is 2.06. The SMILES string of the molecule is Cn1[c]nc2cnccc21. The van der Waals surface area contributed by atoms with Crippen molar-refractivity contribution in [2.75, 3.05) is 0 Å². The maximum absolute atomic E-state index is 3.99. The Kier molecular flexibility index (Phi) is 0.974. The van der Waals surface area contributed by atoms with Crippen LogP contribution in [-0.2, 0) is 7.05 Å². The number of hydrogen-bond acceptors (Lipinski definition) is 2. The molecular weight excluding hydrogens is 126 g/mol. The molecule has 2 aromatic heterocycles. The number of fused-ring (bicyclic) bond motifs is 1. The lowest BCUT2D eigenvalue weighted by Crippen LogP contribution is -1.83. The van der Waals surface area contributed by atoms with Gasteiger partial charge in [-0.3, -0.25) is 4.98 Å². The van der Waals surface area contributed by atoms with Gasteiger partial charge in [0.25, 0.3) is 0 Å². The van der Waals surface area contributed by atoms with Gasteiger partial charge in [-0.05, 0) is 6.07 Å². The Morgan fingerprint density at radius 2 is 2.50 bits per heavy atom. The van der Waals surface area contributed by atoms with Crippen LogP contribution in [0.2, 0.25) is 0 Å². The van der Waals surface area contributed by atoms with E-state index < -0.39 is 0 Å². The Morgan fingerprint density at radius 1 is 1.60 bits per heavy atom. The van der Waals surface area contributed by atoms with Gasteiger partial charge in [-0.2, -0.15) is 0 Å². The third-order valence-electron chi connectivity index (χ3n) is 1.46. The smallest absolute Gasteiger partial charge is 0.177 e. The summed E-state index contributed by atoms with van der Waals surface area (Å²) in [6, 6.07) is 1.92. The maximum atomic E-state index is 3.99. The number of hydrogen-bond donors (Lipinski definition) is 0. The average molecular weight is 132 g/mol. The second-order valence-corrected chi connectivity index (χ2v) is 2.14. The third kappa shape index (κ3) is 0.603. The molecule has 2 rings (SSSR count). The lowest BCUT2D eigenvalue weighted by atomic mass is 10.4. The Hall–Kier alpha value is -1.38. The molecule has 0 unspecified atom stereocenters. The van der Waals surface area contributed by atoms with Crippen molar-refractivity contribution in [1.29, 1.82) is 0 Å². The summed E-state index contributed by atoms with van der Waals surface area (Å²) in [7, 11) is 1.91. The molecule has 0 aliphatic heterocycles. The molecule has 0 aliphatic rings. The summed E-state index contributed by atoms with van der Waals surface area (Å²) in [6.45, 7) is 0. The summed E-state index contributed by atoms with van der Waals surface area (Å²) < 4.78 is 1.84. The third-order valence-corrected chi connectivity index (χ3v) is 1.46. The normalized spacial score (nSPS) is 10.5. The summed E-state index contributed by atoms with van der Waals surface area (Å²) in [4.78, 5) is 7.92. The van der Waals surface area contributed by atoms with Crippen molar-refractivity contribution in [3.05, 3.63) is 24.8 Å². The molecule has 1 radical (unpaired) electrons. The van der Waals surface area contributed by atoms with Crippen molar-refractivity contribution in [1.82, 2.24) is 14.5 Å². The first-order chi connectivity index (χ1) is 4.88. The molecule has 0 saturated carbocycles. The van der Waals surface area contributed by atoms with Crippen LogP contribution < -0.4 is 0 Å². The number of aryl methyl sites for hydroxylation is 1. The van der Waals surface area contributed by atoms with E-state index in [1.807, 2.05) is 17.7 Å². The van der Waals surface area contributed by atoms with Gasteiger partial charge in [-0.25, -0.2) is 4.98 Å². The summed E-state index contributed by atoms with van der Waals surface area (Å²) in [5.74, 6) is 0. The maximum Gasteiger partial charge on any atom is 0.177 e. The Labute approximate surface area is 58.3 Å². The van der Waals surface area contributed by atoms with Crippen molar-refractivity contribution in [3.8, 4) is 0 Å². The highest BCUT2D eigenvalue weighted by Gasteiger charge is 1.95. The van der Waals surface area contributed by atoms with E-state index in [-0.39, 0.29) is 0 Å². The summed E-state index contributed by atoms with van der Waals surface area (Å²) in [6.07, 6.45) is 6.28. The van der Waals surface area contributed by atoms with E-state index in [0.29, 0.717) is 0 Å². The fraction of sp³-hybridized carbons (Fsp3) is 0.143. The standard InChI is InChI=1S/C7H6N3/c1-10-5-9-6-4-8-3-2-7(6)10/h2-4H,1H3. The molecule has 10 heavy (non-hydrogen) atoms. The molecule has 0 amide bonds. The van der Waals surface area contributed by atoms with Gasteiger partial charge in [0.2, 0.25) is 0 Å². The zero-order chi connectivity index (χ0) is 6.97. The van der Waals surface area contributed by atoms with Crippen LogP contribution in [0.4, 0.5) is 0 Å². The predicted octanol–water partition coefficient (Wildman–Crippen LogP) is 0.768. The van der Waals surface area contributed by atoms with Crippen LogP contribution in [0.15, 0.2) is 18.5 Å². The molecule has 49 valence electrons. The lowest BCUT2D eigenvalue weighted by molar-refractivity contribution is 0.935. The van der Waals surface area contributed by atoms with Gasteiger partial charge in [-0.1, -0.05) is 0 Å². The van der Waals surface area contributed by atoms with E-state index in [2.05, 4.69) is 16.3 Å². The fourth-order valence-corrected chi connectivity index (χ4v) is 0.931. The minimum absolute atomic E-state index is 0.894. The minimum atomic E-state index is 0.894. The van der Waals surface area contributed by atoms with Crippen LogP contribution in [0, 0.1) is 6.33 Å². The predicted molar refractivity (Wildman–Crippen MR) is 37.3 cm³/mol. The quantitative estimate of drug-likeness (QED) is 0.530.